The van der Waals surface area contributed by atoms with Crippen LogP contribution in [0.25, 0.3) is 0 Å². The third-order valence-electron chi connectivity index (χ3n) is 2.93. The maximum absolute atomic E-state index is 3.62. The number of thiophene rings is 1. The first kappa shape index (κ1) is 12.2. The summed E-state index contributed by atoms with van der Waals surface area (Å²) in [4.78, 5) is 1.39. The maximum Gasteiger partial charge on any atom is 0.0327 e. The predicted molar refractivity (Wildman–Crippen MR) is 67.8 cm³/mol. The van der Waals surface area contributed by atoms with E-state index < -0.39 is 0 Å². The summed E-state index contributed by atoms with van der Waals surface area (Å²) in [5, 5.41) is 5.74. The molecule has 0 amide bonds. The lowest BCUT2D eigenvalue weighted by atomic mass is 9.96. The van der Waals surface area contributed by atoms with Gasteiger partial charge >= 0.3 is 0 Å². The fourth-order valence-corrected chi connectivity index (χ4v) is 2.68. The molecule has 1 aromatic heterocycles. The van der Waals surface area contributed by atoms with E-state index in [2.05, 4.69) is 53.5 Å². The van der Waals surface area contributed by atoms with Gasteiger partial charge in [0.2, 0.25) is 0 Å². The normalized spacial score (nSPS) is 12.0. The van der Waals surface area contributed by atoms with E-state index in [4.69, 9.17) is 0 Å². The molecule has 3 heteroatoms. The van der Waals surface area contributed by atoms with Crippen LogP contribution < -0.4 is 5.32 Å². The molecule has 0 saturated heterocycles. The van der Waals surface area contributed by atoms with E-state index in [0.717, 1.165) is 6.54 Å². The molecule has 0 fully saturated rings. The molecule has 0 aliphatic carbocycles. The first-order valence-corrected chi connectivity index (χ1v) is 6.75. The lowest BCUT2D eigenvalue weighted by Crippen LogP contribution is -2.40. The summed E-state index contributed by atoms with van der Waals surface area (Å²) in [6.45, 7) is 7.73. The second-order valence-electron chi connectivity index (χ2n) is 3.81. The van der Waals surface area contributed by atoms with Crippen LogP contribution in [0.15, 0.2) is 15.9 Å². The summed E-state index contributed by atoms with van der Waals surface area (Å²) in [5.74, 6) is 0. The van der Waals surface area contributed by atoms with E-state index in [1.54, 1.807) is 11.3 Å². The number of hydrogen-bond donors (Lipinski definition) is 1. The van der Waals surface area contributed by atoms with Gasteiger partial charge in [-0.2, -0.15) is 0 Å². The fraction of sp³-hybridized carbons (Fsp3) is 0.636. The van der Waals surface area contributed by atoms with Crippen molar-refractivity contribution in [3.05, 3.63) is 20.8 Å². The third kappa shape index (κ3) is 3.07. The van der Waals surface area contributed by atoms with Crippen molar-refractivity contribution in [2.45, 2.75) is 45.7 Å². The van der Waals surface area contributed by atoms with Gasteiger partial charge < -0.3 is 5.32 Å². The molecule has 1 heterocycles. The summed E-state index contributed by atoms with van der Waals surface area (Å²) in [6, 6.07) is 2.11. The van der Waals surface area contributed by atoms with E-state index in [-0.39, 0.29) is 5.54 Å². The SMILES string of the molecule is CCC(C)(CC)NCc1sccc1Br. The summed E-state index contributed by atoms with van der Waals surface area (Å²) >= 11 is 5.35. The highest BCUT2D eigenvalue weighted by Gasteiger charge is 2.18. The van der Waals surface area contributed by atoms with E-state index in [1.165, 1.54) is 22.2 Å². The molecular formula is C11H18BrNS. The minimum atomic E-state index is 0.281. The standard InChI is InChI=1S/C11H18BrNS/c1-4-11(3,5-2)13-8-10-9(12)6-7-14-10/h6-7,13H,4-5,8H2,1-3H3. The molecule has 80 valence electrons. The Bertz CT molecular complexity index is 279. The summed E-state index contributed by atoms with van der Waals surface area (Å²) in [7, 11) is 0. The summed E-state index contributed by atoms with van der Waals surface area (Å²) in [6.07, 6.45) is 2.35. The van der Waals surface area contributed by atoms with Gasteiger partial charge in [-0.3, -0.25) is 0 Å². The van der Waals surface area contributed by atoms with Crippen LogP contribution in [0.2, 0.25) is 0 Å². The second-order valence-corrected chi connectivity index (χ2v) is 5.67. The average Bonchev–Trinajstić information content (AvgIpc) is 2.61. The fourth-order valence-electron chi connectivity index (χ4n) is 1.24. The van der Waals surface area contributed by atoms with E-state index in [0.29, 0.717) is 0 Å². The molecule has 0 bridgehead atoms. The lowest BCUT2D eigenvalue weighted by molar-refractivity contribution is 0.330. The Morgan fingerprint density at radius 2 is 2.07 bits per heavy atom. The van der Waals surface area contributed by atoms with Crippen LogP contribution in [-0.2, 0) is 6.54 Å². The van der Waals surface area contributed by atoms with Gasteiger partial charge in [-0.25, -0.2) is 0 Å². The lowest BCUT2D eigenvalue weighted by Gasteiger charge is -2.28. The van der Waals surface area contributed by atoms with Gasteiger partial charge in [-0.15, -0.1) is 11.3 Å². The Kier molecular flexibility index (Phi) is 4.61. The highest BCUT2D eigenvalue weighted by Crippen LogP contribution is 2.24. The second kappa shape index (κ2) is 5.29. The van der Waals surface area contributed by atoms with Crippen LogP contribution in [0.3, 0.4) is 0 Å². The van der Waals surface area contributed by atoms with Crippen molar-refractivity contribution in [1.29, 1.82) is 0 Å². The molecule has 0 aliphatic rings. The Hall–Kier alpha value is 0.140. The van der Waals surface area contributed by atoms with E-state index in [9.17, 15) is 0 Å². The van der Waals surface area contributed by atoms with Gasteiger partial charge in [0.25, 0.3) is 0 Å². The third-order valence-corrected chi connectivity index (χ3v) is 4.85. The van der Waals surface area contributed by atoms with Crippen LogP contribution in [0, 0.1) is 0 Å². The molecular weight excluding hydrogens is 258 g/mol. The van der Waals surface area contributed by atoms with Crippen LogP contribution in [-0.4, -0.2) is 5.54 Å². The first-order valence-electron chi connectivity index (χ1n) is 5.08. The zero-order valence-corrected chi connectivity index (χ0v) is 11.5. The monoisotopic (exact) mass is 275 g/mol. The molecule has 0 saturated carbocycles. The summed E-state index contributed by atoms with van der Waals surface area (Å²) in [5.41, 5.74) is 0.281. The zero-order chi connectivity index (χ0) is 10.6. The topological polar surface area (TPSA) is 12.0 Å². The average molecular weight is 276 g/mol. The molecule has 0 spiro atoms. The van der Waals surface area contributed by atoms with Gasteiger partial charge in [0.1, 0.15) is 0 Å². The Morgan fingerprint density at radius 1 is 1.43 bits per heavy atom. The molecule has 1 nitrogen and oxygen atoms in total. The molecule has 1 aromatic rings. The Morgan fingerprint density at radius 3 is 2.50 bits per heavy atom. The van der Waals surface area contributed by atoms with Crippen molar-refractivity contribution < 1.29 is 0 Å². The van der Waals surface area contributed by atoms with Crippen molar-refractivity contribution in [2.75, 3.05) is 0 Å². The highest BCUT2D eigenvalue weighted by molar-refractivity contribution is 9.10. The molecule has 1 rings (SSSR count). The minimum Gasteiger partial charge on any atom is -0.307 e. The smallest absolute Gasteiger partial charge is 0.0327 e. The van der Waals surface area contributed by atoms with E-state index in [1.807, 2.05) is 0 Å². The quantitative estimate of drug-likeness (QED) is 0.850. The first-order chi connectivity index (χ1) is 6.61. The van der Waals surface area contributed by atoms with Gasteiger partial charge in [0.15, 0.2) is 0 Å². The summed E-state index contributed by atoms with van der Waals surface area (Å²) < 4.78 is 1.23. The number of halogens is 1. The minimum absolute atomic E-state index is 0.281. The molecule has 0 aromatic carbocycles. The van der Waals surface area contributed by atoms with Crippen LogP contribution in [0.4, 0.5) is 0 Å². The van der Waals surface area contributed by atoms with Crippen molar-refractivity contribution in [1.82, 2.24) is 5.32 Å². The van der Waals surface area contributed by atoms with Gasteiger partial charge in [0, 0.05) is 21.4 Å². The van der Waals surface area contributed by atoms with Gasteiger partial charge in [-0.05, 0) is 47.1 Å². The van der Waals surface area contributed by atoms with Crippen molar-refractivity contribution in [2.24, 2.45) is 0 Å². The van der Waals surface area contributed by atoms with Crippen molar-refractivity contribution in [3.8, 4) is 0 Å². The molecule has 0 aliphatic heterocycles. The van der Waals surface area contributed by atoms with Crippen LogP contribution >= 0.6 is 27.3 Å². The maximum atomic E-state index is 3.62. The van der Waals surface area contributed by atoms with Crippen molar-refractivity contribution >= 4 is 27.3 Å². The van der Waals surface area contributed by atoms with Crippen LogP contribution in [0.5, 0.6) is 0 Å². The number of nitrogens with one attached hydrogen (secondary N) is 1. The Labute approximate surface area is 99.0 Å². The van der Waals surface area contributed by atoms with Crippen molar-refractivity contribution in [3.63, 3.8) is 0 Å². The van der Waals surface area contributed by atoms with E-state index >= 15 is 0 Å². The predicted octanol–water partition coefficient (Wildman–Crippen LogP) is 4.18. The molecule has 14 heavy (non-hydrogen) atoms. The molecule has 0 atom stereocenters. The number of rotatable bonds is 5. The Balaban J connectivity index is 2.52. The molecule has 0 radical (unpaired) electrons. The molecule has 0 unspecified atom stereocenters. The van der Waals surface area contributed by atoms with Crippen LogP contribution in [0.1, 0.15) is 38.5 Å². The van der Waals surface area contributed by atoms with Gasteiger partial charge in [0.05, 0.1) is 0 Å². The number of hydrogen-bond acceptors (Lipinski definition) is 2. The largest absolute Gasteiger partial charge is 0.307 e. The highest BCUT2D eigenvalue weighted by atomic mass is 79.9. The zero-order valence-electron chi connectivity index (χ0n) is 9.06. The van der Waals surface area contributed by atoms with Gasteiger partial charge in [-0.1, -0.05) is 13.8 Å². The molecule has 1 N–H and O–H groups in total.